The second kappa shape index (κ2) is 8.75. The fourth-order valence-corrected chi connectivity index (χ4v) is 2.00. The van der Waals surface area contributed by atoms with Crippen molar-refractivity contribution < 1.29 is 19.2 Å². The summed E-state index contributed by atoms with van der Waals surface area (Å²) < 4.78 is 4.78. The number of amides is 1. The maximum absolute atomic E-state index is 11.7. The van der Waals surface area contributed by atoms with E-state index in [1.54, 1.807) is 24.3 Å². The Kier molecular flexibility index (Phi) is 6.17. The van der Waals surface area contributed by atoms with E-state index in [1.165, 1.54) is 30.3 Å². The van der Waals surface area contributed by atoms with Crippen LogP contribution < -0.4 is 5.32 Å². The number of anilines is 1. The van der Waals surface area contributed by atoms with Crippen molar-refractivity contribution in [2.75, 3.05) is 11.9 Å². The van der Waals surface area contributed by atoms with Crippen molar-refractivity contribution in [2.45, 2.75) is 0 Å². The maximum atomic E-state index is 11.7. The molecule has 0 aliphatic carbocycles. The normalized spacial score (nSPS) is 10.1. The molecule has 8 heteroatoms. The lowest BCUT2D eigenvalue weighted by Crippen LogP contribution is -2.20. The van der Waals surface area contributed by atoms with E-state index in [9.17, 15) is 19.7 Å². The molecule has 26 heavy (non-hydrogen) atoms. The second-order valence-corrected chi connectivity index (χ2v) is 5.00. The zero-order valence-corrected chi connectivity index (χ0v) is 13.4. The first-order chi connectivity index (χ1) is 12.5. The van der Waals surface area contributed by atoms with Crippen LogP contribution in [-0.2, 0) is 14.3 Å². The molecule has 1 N–H and O–H groups in total. The Morgan fingerprint density at radius 2 is 2.00 bits per heavy atom. The third-order valence-corrected chi connectivity index (χ3v) is 3.15. The lowest BCUT2D eigenvalue weighted by Gasteiger charge is -2.05. The van der Waals surface area contributed by atoms with Gasteiger partial charge < -0.3 is 10.1 Å². The average Bonchev–Trinajstić information content (AvgIpc) is 2.65. The van der Waals surface area contributed by atoms with Crippen molar-refractivity contribution in [1.82, 2.24) is 0 Å². The van der Waals surface area contributed by atoms with Crippen LogP contribution >= 0.6 is 0 Å². The van der Waals surface area contributed by atoms with Crippen LogP contribution in [0.5, 0.6) is 0 Å². The molecule has 2 aromatic carbocycles. The summed E-state index contributed by atoms with van der Waals surface area (Å²) in [5.74, 6) is -1.39. The average molecular weight is 351 g/mol. The first-order valence-electron chi connectivity index (χ1n) is 7.38. The van der Waals surface area contributed by atoms with E-state index < -0.39 is 23.4 Å². The van der Waals surface area contributed by atoms with Gasteiger partial charge in [-0.3, -0.25) is 14.9 Å². The third kappa shape index (κ3) is 5.28. The Balaban J connectivity index is 1.89. The molecule has 0 saturated carbocycles. The predicted octanol–water partition coefficient (Wildman–Crippen LogP) is 2.66. The van der Waals surface area contributed by atoms with Gasteiger partial charge >= 0.3 is 5.97 Å². The fourth-order valence-electron chi connectivity index (χ4n) is 2.00. The SMILES string of the molecule is N#Cc1cccc(NC(=O)COC(=O)C=Cc2ccccc2[N+](=O)[O-])c1. The molecule has 0 aromatic heterocycles. The van der Waals surface area contributed by atoms with Crippen molar-refractivity contribution in [3.8, 4) is 6.07 Å². The molecule has 0 fully saturated rings. The Bertz CT molecular complexity index is 915. The van der Waals surface area contributed by atoms with Gasteiger partial charge in [-0.15, -0.1) is 0 Å². The first kappa shape index (κ1) is 18.4. The number of nitrogens with zero attached hydrogens (tertiary/aromatic N) is 2. The quantitative estimate of drug-likeness (QED) is 0.369. The van der Waals surface area contributed by atoms with Gasteiger partial charge in [-0.25, -0.2) is 4.79 Å². The first-order valence-corrected chi connectivity index (χ1v) is 7.38. The molecule has 0 radical (unpaired) electrons. The molecule has 8 nitrogen and oxygen atoms in total. The lowest BCUT2D eigenvalue weighted by molar-refractivity contribution is -0.385. The molecule has 0 saturated heterocycles. The van der Waals surface area contributed by atoms with Crippen LogP contribution in [0.15, 0.2) is 54.6 Å². The Hall–Kier alpha value is -3.99. The fraction of sp³-hybridized carbons (Fsp3) is 0.0556. The second-order valence-electron chi connectivity index (χ2n) is 5.00. The summed E-state index contributed by atoms with van der Waals surface area (Å²) in [5, 5.41) is 22.2. The molecule has 1 amide bonds. The van der Waals surface area contributed by atoms with Gasteiger partial charge in [0.15, 0.2) is 6.61 Å². The number of benzene rings is 2. The number of para-hydroxylation sites is 1. The standard InChI is InChI=1S/C18H13N3O5/c19-11-13-4-3-6-15(10-13)20-17(22)12-26-18(23)9-8-14-5-1-2-7-16(14)21(24)25/h1-10H,12H2,(H,20,22). The summed E-state index contributed by atoms with van der Waals surface area (Å²) in [7, 11) is 0. The molecule has 2 rings (SSSR count). The summed E-state index contributed by atoms with van der Waals surface area (Å²) in [6.07, 6.45) is 2.25. The van der Waals surface area contributed by atoms with Crippen molar-refractivity contribution in [1.29, 1.82) is 5.26 Å². The van der Waals surface area contributed by atoms with E-state index in [2.05, 4.69) is 5.32 Å². The van der Waals surface area contributed by atoms with Crippen LogP contribution in [0.25, 0.3) is 6.08 Å². The highest BCUT2D eigenvalue weighted by atomic mass is 16.6. The number of nitro benzene ring substituents is 1. The summed E-state index contributed by atoms with van der Waals surface area (Å²) in [4.78, 5) is 33.7. The van der Waals surface area contributed by atoms with Gasteiger partial charge in [-0.05, 0) is 30.3 Å². The number of hydrogen-bond donors (Lipinski definition) is 1. The zero-order chi connectivity index (χ0) is 18.9. The number of nitrogens with one attached hydrogen (secondary N) is 1. The van der Waals surface area contributed by atoms with Gasteiger partial charge in [0.25, 0.3) is 11.6 Å². The topological polar surface area (TPSA) is 122 Å². The number of nitriles is 1. The summed E-state index contributed by atoms with van der Waals surface area (Å²) in [5.41, 5.74) is 0.881. The number of rotatable bonds is 6. The van der Waals surface area contributed by atoms with E-state index in [1.807, 2.05) is 6.07 Å². The van der Waals surface area contributed by atoms with Gasteiger partial charge in [0, 0.05) is 17.8 Å². The van der Waals surface area contributed by atoms with Crippen molar-refractivity contribution in [3.05, 3.63) is 75.8 Å². The highest BCUT2D eigenvalue weighted by Crippen LogP contribution is 2.18. The minimum absolute atomic E-state index is 0.147. The summed E-state index contributed by atoms with van der Waals surface area (Å²) >= 11 is 0. The molecular formula is C18H13N3O5. The van der Waals surface area contributed by atoms with Gasteiger partial charge in [-0.2, -0.15) is 5.26 Å². The van der Waals surface area contributed by atoms with E-state index >= 15 is 0 Å². The monoisotopic (exact) mass is 351 g/mol. The Morgan fingerprint density at radius 1 is 1.23 bits per heavy atom. The summed E-state index contributed by atoms with van der Waals surface area (Å²) in [6, 6.07) is 14.1. The molecule has 0 atom stereocenters. The molecule has 0 bridgehead atoms. The molecule has 0 heterocycles. The van der Waals surface area contributed by atoms with Crippen LogP contribution in [0.2, 0.25) is 0 Å². The largest absolute Gasteiger partial charge is 0.452 e. The van der Waals surface area contributed by atoms with Gasteiger partial charge in [0.05, 0.1) is 22.1 Å². The van der Waals surface area contributed by atoms with Crippen molar-refractivity contribution >= 4 is 29.3 Å². The highest BCUT2D eigenvalue weighted by Gasteiger charge is 2.10. The van der Waals surface area contributed by atoms with E-state index in [0.29, 0.717) is 11.3 Å². The molecule has 0 aliphatic rings. The van der Waals surface area contributed by atoms with Crippen LogP contribution in [0, 0.1) is 21.4 Å². The number of nitro groups is 1. The lowest BCUT2D eigenvalue weighted by atomic mass is 10.1. The van der Waals surface area contributed by atoms with Crippen LogP contribution in [0.1, 0.15) is 11.1 Å². The van der Waals surface area contributed by atoms with E-state index in [4.69, 9.17) is 10.00 Å². The smallest absolute Gasteiger partial charge is 0.331 e. The summed E-state index contributed by atoms with van der Waals surface area (Å²) in [6.45, 7) is -0.531. The van der Waals surface area contributed by atoms with Crippen LogP contribution in [-0.4, -0.2) is 23.4 Å². The van der Waals surface area contributed by atoms with Gasteiger partial charge in [0.1, 0.15) is 0 Å². The van der Waals surface area contributed by atoms with Crippen molar-refractivity contribution in [3.63, 3.8) is 0 Å². The molecule has 130 valence electrons. The number of ether oxygens (including phenoxy) is 1. The molecule has 0 spiro atoms. The van der Waals surface area contributed by atoms with Crippen LogP contribution in [0.4, 0.5) is 11.4 Å². The van der Waals surface area contributed by atoms with E-state index in [0.717, 1.165) is 6.08 Å². The minimum Gasteiger partial charge on any atom is -0.452 e. The predicted molar refractivity (Wildman–Crippen MR) is 92.9 cm³/mol. The van der Waals surface area contributed by atoms with E-state index in [-0.39, 0.29) is 11.3 Å². The maximum Gasteiger partial charge on any atom is 0.331 e. The number of hydrogen-bond acceptors (Lipinski definition) is 6. The molecule has 0 unspecified atom stereocenters. The molecule has 0 aliphatic heterocycles. The third-order valence-electron chi connectivity index (χ3n) is 3.15. The van der Waals surface area contributed by atoms with Crippen molar-refractivity contribution in [2.24, 2.45) is 0 Å². The zero-order valence-electron chi connectivity index (χ0n) is 13.4. The molecular weight excluding hydrogens is 338 g/mol. The number of esters is 1. The molecule has 2 aromatic rings. The van der Waals surface area contributed by atoms with Gasteiger partial charge in [0.2, 0.25) is 0 Å². The number of carbonyl (C=O) groups excluding carboxylic acids is 2. The number of carbonyl (C=O) groups is 2. The van der Waals surface area contributed by atoms with Crippen LogP contribution in [0.3, 0.4) is 0 Å². The Labute approximate surface area is 148 Å². The van der Waals surface area contributed by atoms with Gasteiger partial charge in [-0.1, -0.05) is 18.2 Å². The Morgan fingerprint density at radius 3 is 2.73 bits per heavy atom. The highest BCUT2D eigenvalue weighted by molar-refractivity contribution is 5.94. The minimum atomic E-state index is -0.816.